The van der Waals surface area contributed by atoms with Gasteiger partial charge < -0.3 is 9.88 Å². The minimum Gasteiger partial charge on any atom is -0.332 e. The second-order valence-corrected chi connectivity index (χ2v) is 3.93. The molecular formula is C10H15N3O. The number of hydrogen-bond acceptors (Lipinski definition) is 3. The van der Waals surface area contributed by atoms with Crippen LogP contribution in [0.4, 0.5) is 0 Å². The van der Waals surface area contributed by atoms with Crippen molar-refractivity contribution in [2.75, 3.05) is 6.54 Å². The molecule has 2 rings (SSSR count). The van der Waals surface area contributed by atoms with E-state index in [4.69, 9.17) is 0 Å². The number of carbonyl (C=O) groups is 1. The zero-order valence-corrected chi connectivity index (χ0v) is 8.58. The molecule has 1 aromatic heterocycles. The lowest BCUT2D eigenvalue weighted by molar-refractivity contribution is 0.0933. The van der Waals surface area contributed by atoms with Crippen molar-refractivity contribution >= 4 is 5.78 Å². The van der Waals surface area contributed by atoms with E-state index in [0.717, 1.165) is 25.3 Å². The van der Waals surface area contributed by atoms with Gasteiger partial charge in [-0.3, -0.25) is 4.79 Å². The van der Waals surface area contributed by atoms with Crippen LogP contribution >= 0.6 is 0 Å². The summed E-state index contributed by atoms with van der Waals surface area (Å²) in [6.45, 7) is 6.44. The van der Waals surface area contributed by atoms with E-state index in [2.05, 4.69) is 14.9 Å². The molecule has 4 heteroatoms. The Hall–Kier alpha value is -1.16. The van der Waals surface area contributed by atoms with Gasteiger partial charge in [-0.1, -0.05) is 13.8 Å². The summed E-state index contributed by atoms with van der Waals surface area (Å²) in [4.78, 5) is 16.0. The van der Waals surface area contributed by atoms with Gasteiger partial charge in [0.05, 0.1) is 12.0 Å². The molecule has 1 aromatic rings. The fraction of sp³-hybridized carbons (Fsp3) is 0.600. The Labute approximate surface area is 83.3 Å². The predicted molar refractivity (Wildman–Crippen MR) is 53.1 cm³/mol. The molecule has 0 aliphatic carbocycles. The number of ketones is 1. The Morgan fingerprint density at radius 3 is 3.14 bits per heavy atom. The molecule has 0 spiro atoms. The molecule has 1 N–H and O–H groups in total. The first-order valence-electron chi connectivity index (χ1n) is 4.99. The quantitative estimate of drug-likeness (QED) is 0.707. The molecule has 0 saturated carbocycles. The van der Waals surface area contributed by atoms with Crippen molar-refractivity contribution in [3.05, 3.63) is 17.7 Å². The summed E-state index contributed by atoms with van der Waals surface area (Å²) in [5, 5.41) is 3.25. The monoisotopic (exact) mass is 193 g/mol. The van der Waals surface area contributed by atoms with Gasteiger partial charge >= 0.3 is 0 Å². The summed E-state index contributed by atoms with van der Waals surface area (Å²) in [6, 6.07) is 0. The van der Waals surface area contributed by atoms with Crippen LogP contribution in [0, 0.1) is 5.92 Å². The molecule has 2 heterocycles. The van der Waals surface area contributed by atoms with Crippen molar-refractivity contribution in [1.29, 1.82) is 0 Å². The maximum Gasteiger partial charge on any atom is 0.185 e. The van der Waals surface area contributed by atoms with Gasteiger partial charge in [0.1, 0.15) is 5.69 Å². The zero-order valence-electron chi connectivity index (χ0n) is 8.58. The number of nitrogens with one attached hydrogen (secondary N) is 1. The van der Waals surface area contributed by atoms with Gasteiger partial charge in [0.2, 0.25) is 0 Å². The molecule has 1 aliphatic heterocycles. The third-order valence-electron chi connectivity index (χ3n) is 2.53. The number of carbonyl (C=O) groups excluding carboxylic acids is 1. The van der Waals surface area contributed by atoms with E-state index in [-0.39, 0.29) is 11.7 Å². The number of hydrogen-bond donors (Lipinski definition) is 1. The van der Waals surface area contributed by atoms with Gasteiger partial charge in [0.15, 0.2) is 5.78 Å². The number of aromatic nitrogens is 2. The average Bonchev–Trinajstić information content (AvgIpc) is 2.60. The molecule has 0 saturated heterocycles. The van der Waals surface area contributed by atoms with Crippen molar-refractivity contribution in [3.63, 3.8) is 0 Å². The molecule has 14 heavy (non-hydrogen) atoms. The fourth-order valence-corrected chi connectivity index (χ4v) is 1.67. The number of rotatable bonds is 2. The molecule has 0 aromatic carbocycles. The predicted octanol–water partition coefficient (Wildman–Crippen LogP) is 0.825. The van der Waals surface area contributed by atoms with Crippen LogP contribution < -0.4 is 5.32 Å². The van der Waals surface area contributed by atoms with E-state index in [0.29, 0.717) is 5.69 Å². The Bertz CT molecular complexity index is 354. The standard InChI is InChI=1S/C10H15N3O/c1-7(2)10(14)9-8-5-11-3-4-13(8)6-12-9/h6-7,11H,3-5H2,1-2H3. The minimum atomic E-state index is 0.0246. The molecule has 0 amide bonds. The summed E-state index contributed by atoms with van der Waals surface area (Å²) < 4.78 is 2.06. The van der Waals surface area contributed by atoms with Gasteiger partial charge in [-0.25, -0.2) is 4.98 Å². The number of fused-ring (bicyclic) bond motifs is 1. The smallest absolute Gasteiger partial charge is 0.185 e. The summed E-state index contributed by atoms with van der Waals surface area (Å²) in [6.07, 6.45) is 1.77. The van der Waals surface area contributed by atoms with E-state index >= 15 is 0 Å². The van der Waals surface area contributed by atoms with Crippen molar-refractivity contribution in [1.82, 2.24) is 14.9 Å². The second kappa shape index (κ2) is 3.53. The highest BCUT2D eigenvalue weighted by Crippen LogP contribution is 2.14. The van der Waals surface area contributed by atoms with Crippen molar-refractivity contribution in [2.24, 2.45) is 5.92 Å². The fourth-order valence-electron chi connectivity index (χ4n) is 1.67. The Balaban J connectivity index is 2.35. The molecule has 0 unspecified atom stereocenters. The topological polar surface area (TPSA) is 46.9 Å². The molecule has 76 valence electrons. The first-order valence-corrected chi connectivity index (χ1v) is 4.99. The highest BCUT2D eigenvalue weighted by molar-refractivity contribution is 5.96. The zero-order chi connectivity index (χ0) is 10.1. The van der Waals surface area contributed by atoms with Crippen LogP contribution in [0.5, 0.6) is 0 Å². The third kappa shape index (κ3) is 1.46. The first-order chi connectivity index (χ1) is 6.70. The number of imidazole rings is 1. The van der Waals surface area contributed by atoms with E-state index in [1.165, 1.54) is 0 Å². The van der Waals surface area contributed by atoms with Gasteiger partial charge in [-0.05, 0) is 0 Å². The SMILES string of the molecule is CC(C)C(=O)c1ncn2c1CNCC2. The van der Waals surface area contributed by atoms with Gasteiger partial charge in [-0.2, -0.15) is 0 Å². The highest BCUT2D eigenvalue weighted by atomic mass is 16.1. The summed E-state index contributed by atoms with van der Waals surface area (Å²) >= 11 is 0. The molecule has 0 atom stereocenters. The molecular weight excluding hydrogens is 178 g/mol. The summed E-state index contributed by atoms with van der Waals surface area (Å²) in [5.41, 5.74) is 1.68. The van der Waals surface area contributed by atoms with Crippen LogP contribution in [0.2, 0.25) is 0 Å². The summed E-state index contributed by atoms with van der Waals surface area (Å²) in [5.74, 6) is 0.166. The number of Topliss-reactive ketones (excluding diaryl/α,β-unsaturated/α-hetero) is 1. The average molecular weight is 193 g/mol. The Kier molecular flexibility index (Phi) is 2.37. The van der Waals surface area contributed by atoms with E-state index < -0.39 is 0 Å². The van der Waals surface area contributed by atoms with Crippen LogP contribution in [-0.4, -0.2) is 21.9 Å². The molecule has 0 radical (unpaired) electrons. The molecule has 0 fully saturated rings. The van der Waals surface area contributed by atoms with Crippen molar-refractivity contribution < 1.29 is 4.79 Å². The maximum atomic E-state index is 11.8. The lowest BCUT2D eigenvalue weighted by Gasteiger charge is -2.16. The first kappa shape index (κ1) is 9.40. The van der Waals surface area contributed by atoms with Crippen LogP contribution in [-0.2, 0) is 13.1 Å². The van der Waals surface area contributed by atoms with E-state index in [1.54, 1.807) is 6.33 Å². The van der Waals surface area contributed by atoms with Crippen molar-refractivity contribution in [3.8, 4) is 0 Å². The normalized spacial score (nSPS) is 15.6. The maximum absolute atomic E-state index is 11.8. The van der Waals surface area contributed by atoms with Crippen molar-refractivity contribution in [2.45, 2.75) is 26.9 Å². The van der Waals surface area contributed by atoms with Crippen LogP contribution in [0.1, 0.15) is 30.0 Å². The van der Waals surface area contributed by atoms with Crippen LogP contribution in [0.25, 0.3) is 0 Å². The molecule has 1 aliphatic rings. The Morgan fingerprint density at radius 1 is 1.64 bits per heavy atom. The largest absolute Gasteiger partial charge is 0.332 e. The van der Waals surface area contributed by atoms with Crippen LogP contribution in [0.15, 0.2) is 6.33 Å². The molecule has 4 nitrogen and oxygen atoms in total. The lowest BCUT2D eigenvalue weighted by Crippen LogP contribution is -2.29. The lowest BCUT2D eigenvalue weighted by atomic mass is 10.0. The van der Waals surface area contributed by atoms with Gasteiger partial charge in [0, 0.05) is 25.6 Å². The highest BCUT2D eigenvalue weighted by Gasteiger charge is 2.21. The third-order valence-corrected chi connectivity index (χ3v) is 2.53. The van der Waals surface area contributed by atoms with Crippen LogP contribution in [0.3, 0.4) is 0 Å². The Morgan fingerprint density at radius 2 is 2.43 bits per heavy atom. The molecule has 0 bridgehead atoms. The second-order valence-electron chi connectivity index (χ2n) is 3.93. The van der Waals surface area contributed by atoms with E-state index in [1.807, 2.05) is 13.8 Å². The minimum absolute atomic E-state index is 0.0246. The summed E-state index contributed by atoms with van der Waals surface area (Å²) in [7, 11) is 0. The van der Waals surface area contributed by atoms with E-state index in [9.17, 15) is 4.79 Å². The number of nitrogens with zero attached hydrogens (tertiary/aromatic N) is 2. The van der Waals surface area contributed by atoms with Gasteiger partial charge in [0.25, 0.3) is 0 Å². The van der Waals surface area contributed by atoms with Gasteiger partial charge in [-0.15, -0.1) is 0 Å².